The Kier molecular flexibility index (Phi) is 6.24. The molecule has 1 aliphatic heterocycles. The fourth-order valence-electron chi connectivity index (χ4n) is 2.50. The molecule has 1 heterocycles. The van der Waals surface area contributed by atoms with Gasteiger partial charge in [0.25, 0.3) is 0 Å². The monoisotopic (exact) mass is 401 g/mol. The number of hydrogen-bond donors (Lipinski definition) is 0. The maximum absolute atomic E-state index is 12.4. The molecule has 2 atom stereocenters. The molecule has 0 spiro atoms. The lowest BCUT2D eigenvalue weighted by molar-refractivity contribution is -0.119. The molecule has 0 bridgehead atoms. The molecule has 1 fully saturated rings. The van der Waals surface area contributed by atoms with Crippen LogP contribution in [0.15, 0.2) is 30.3 Å². The lowest BCUT2D eigenvalue weighted by Crippen LogP contribution is -2.39. The van der Waals surface area contributed by atoms with Crippen LogP contribution in [0.4, 0.5) is 0 Å². The Hall–Kier alpha value is -0.190. The van der Waals surface area contributed by atoms with Crippen molar-refractivity contribution < 1.29 is 4.79 Å². The van der Waals surface area contributed by atoms with Gasteiger partial charge in [-0.1, -0.05) is 69.1 Å². The van der Waals surface area contributed by atoms with Crippen LogP contribution in [0.2, 0.25) is 0 Å². The predicted molar refractivity (Wildman–Crippen MR) is 90.7 cm³/mol. The number of carbonyl (C=O) groups is 1. The lowest BCUT2D eigenvalue weighted by Gasteiger charge is -2.30. The maximum atomic E-state index is 12.4. The van der Waals surface area contributed by atoms with Crippen LogP contribution in [-0.2, 0) is 4.79 Å². The molecule has 4 heteroatoms. The summed E-state index contributed by atoms with van der Waals surface area (Å²) >= 11 is 7.20. The van der Waals surface area contributed by atoms with Gasteiger partial charge >= 0.3 is 0 Å². The first kappa shape index (κ1) is 16.2. The Morgan fingerprint density at radius 3 is 2.45 bits per heavy atom. The summed E-state index contributed by atoms with van der Waals surface area (Å²) in [5.74, 6) is 1.06. The van der Waals surface area contributed by atoms with Gasteiger partial charge in [0.05, 0.1) is 16.2 Å². The number of alkyl halides is 2. The van der Waals surface area contributed by atoms with Gasteiger partial charge in [-0.3, -0.25) is 9.69 Å². The van der Waals surface area contributed by atoms with Gasteiger partial charge in [-0.2, -0.15) is 0 Å². The largest absolute Gasteiger partial charge is 0.297 e. The molecule has 0 saturated carbocycles. The third-order valence-corrected chi connectivity index (χ3v) is 6.74. The number of nitrogens with zero attached hydrogens (tertiary/aromatic N) is 1. The Bertz CT molecular complexity index is 429. The summed E-state index contributed by atoms with van der Waals surface area (Å²) in [5, 5.41) is 0. The summed E-state index contributed by atoms with van der Waals surface area (Å²) in [6.45, 7) is 4.93. The zero-order valence-electron chi connectivity index (χ0n) is 11.8. The Morgan fingerprint density at radius 1 is 1.25 bits per heavy atom. The molecule has 2 nitrogen and oxygen atoms in total. The fourth-order valence-corrected chi connectivity index (χ4v) is 3.55. The summed E-state index contributed by atoms with van der Waals surface area (Å²) < 4.78 is 0. The summed E-state index contributed by atoms with van der Waals surface area (Å²) in [7, 11) is 0. The number of hydrogen-bond acceptors (Lipinski definition) is 2. The van der Waals surface area contributed by atoms with Crippen LogP contribution in [-0.4, -0.2) is 35.1 Å². The first-order valence-electron chi connectivity index (χ1n) is 7.16. The van der Waals surface area contributed by atoms with Crippen LogP contribution in [0, 0.1) is 5.92 Å². The SMILES string of the molecule is CC1CCN(CC(=O)[C@H](Br)[C@H](Br)c2ccccc2)CC1. The van der Waals surface area contributed by atoms with Gasteiger partial charge in [-0.25, -0.2) is 0 Å². The van der Waals surface area contributed by atoms with Crippen molar-refractivity contribution in [3.63, 3.8) is 0 Å². The molecule has 0 aliphatic carbocycles. The first-order valence-corrected chi connectivity index (χ1v) is 8.99. The third kappa shape index (κ3) is 4.40. The minimum atomic E-state index is -0.177. The Morgan fingerprint density at radius 2 is 1.85 bits per heavy atom. The molecule has 0 radical (unpaired) electrons. The van der Waals surface area contributed by atoms with Gasteiger partial charge < -0.3 is 0 Å². The smallest absolute Gasteiger partial charge is 0.161 e. The zero-order valence-corrected chi connectivity index (χ0v) is 14.9. The molecule has 1 aromatic carbocycles. The average molecular weight is 403 g/mol. The van der Waals surface area contributed by atoms with Gasteiger partial charge in [0.15, 0.2) is 5.78 Å². The second kappa shape index (κ2) is 7.71. The highest BCUT2D eigenvalue weighted by Crippen LogP contribution is 2.32. The average Bonchev–Trinajstić information content (AvgIpc) is 2.49. The van der Waals surface area contributed by atoms with Crippen LogP contribution in [0.3, 0.4) is 0 Å². The van der Waals surface area contributed by atoms with Crippen LogP contribution in [0.5, 0.6) is 0 Å². The van der Waals surface area contributed by atoms with Crippen molar-refractivity contribution in [1.82, 2.24) is 4.90 Å². The number of ketones is 1. The van der Waals surface area contributed by atoms with E-state index in [2.05, 4.69) is 43.7 Å². The summed E-state index contributed by atoms with van der Waals surface area (Å²) in [6, 6.07) is 10.1. The number of likely N-dealkylation sites (tertiary alicyclic amines) is 1. The molecule has 2 rings (SSSR count). The van der Waals surface area contributed by atoms with Crippen molar-refractivity contribution in [3.05, 3.63) is 35.9 Å². The van der Waals surface area contributed by atoms with Gasteiger partial charge in [-0.05, 0) is 37.4 Å². The van der Waals surface area contributed by atoms with E-state index in [-0.39, 0.29) is 15.4 Å². The number of Topliss-reactive ketones (excluding diaryl/α,β-unsaturated/α-hetero) is 1. The van der Waals surface area contributed by atoms with Gasteiger partial charge in [0.2, 0.25) is 0 Å². The summed E-state index contributed by atoms with van der Waals surface area (Å²) in [4.78, 5) is 14.5. The third-order valence-electron chi connectivity index (χ3n) is 3.94. The molecule has 20 heavy (non-hydrogen) atoms. The van der Waals surface area contributed by atoms with E-state index >= 15 is 0 Å². The minimum absolute atomic E-state index is 0.0277. The molecule has 110 valence electrons. The van der Waals surface area contributed by atoms with Gasteiger partial charge in [0, 0.05) is 0 Å². The second-order valence-corrected chi connectivity index (χ2v) is 7.61. The van der Waals surface area contributed by atoms with Crippen LogP contribution < -0.4 is 0 Å². The predicted octanol–water partition coefficient (Wildman–Crippen LogP) is 4.19. The molecule has 0 unspecified atom stereocenters. The Labute approximate surface area is 138 Å². The highest BCUT2D eigenvalue weighted by Gasteiger charge is 2.27. The number of piperidine rings is 1. The second-order valence-electron chi connectivity index (χ2n) is 5.64. The summed E-state index contributed by atoms with van der Waals surface area (Å²) in [6.07, 6.45) is 2.41. The van der Waals surface area contributed by atoms with Gasteiger partial charge in [0.1, 0.15) is 0 Å². The number of carbonyl (C=O) groups excluding carboxylic acids is 1. The van der Waals surface area contributed by atoms with Crippen LogP contribution in [0.25, 0.3) is 0 Å². The van der Waals surface area contributed by atoms with E-state index in [1.807, 2.05) is 30.3 Å². The van der Waals surface area contributed by atoms with Crippen LogP contribution >= 0.6 is 31.9 Å². The molecule has 0 amide bonds. The highest BCUT2D eigenvalue weighted by atomic mass is 79.9. The van der Waals surface area contributed by atoms with Gasteiger partial charge in [-0.15, -0.1) is 0 Å². The van der Waals surface area contributed by atoms with E-state index in [1.165, 1.54) is 12.8 Å². The topological polar surface area (TPSA) is 20.3 Å². The molecule has 1 saturated heterocycles. The van der Waals surface area contributed by atoms with Crippen molar-refractivity contribution in [3.8, 4) is 0 Å². The number of benzene rings is 1. The normalized spacial score (nSPS) is 20.6. The standard InChI is InChI=1S/C16H21Br2NO/c1-12-7-9-19(10-8-12)11-14(20)16(18)15(17)13-5-3-2-4-6-13/h2-6,12,15-16H,7-11H2,1H3/t15-,16+/m1/s1. The molecule has 0 aromatic heterocycles. The van der Waals surface area contributed by atoms with E-state index in [4.69, 9.17) is 0 Å². The van der Waals surface area contributed by atoms with Crippen molar-refractivity contribution in [2.75, 3.05) is 19.6 Å². The van der Waals surface area contributed by atoms with Crippen LogP contribution in [0.1, 0.15) is 30.2 Å². The molecule has 1 aromatic rings. The van der Waals surface area contributed by atoms with E-state index in [0.29, 0.717) is 6.54 Å². The number of halogens is 2. The van der Waals surface area contributed by atoms with E-state index in [1.54, 1.807) is 0 Å². The van der Waals surface area contributed by atoms with Crippen molar-refractivity contribution in [2.24, 2.45) is 5.92 Å². The highest BCUT2D eigenvalue weighted by molar-refractivity contribution is 9.12. The molecular weight excluding hydrogens is 382 g/mol. The van der Waals surface area contributed by atoms with Crippen molar-refractivity contribution in [1.29, 1.82) is 0 Å². The first-order chi connectivity index (χ1) is 9.58. The van der Waals surface area contributed by atoms with E-state index < -0.39 is 0 Å². The quantitative estimate of drug-likeness (QED) is 0.688. The maximum Gasteiger partial charge on any atom is 0.161 e. The van der Waals surface area contributed by atoms with E-state index in [9.17, 15) is 4.79 Å². The Balaban J connectivity index is 1.88. The van der Waals surface area contributed by atoms with Crippen molar-refractivity contribution in [2.45, 2.75) is 29.4 Å². The molecule has 1 aliphatic rings. The lowest BCUT2D eigenvalue weighted by atomic mass is 9.99. The fraction of sp³-hybridized carbons (Fsp3) is 0.562. The molecule has 0 N–H and O–H groups in total. The summed E-state index contributed by atoms with van der Waals surface area (Å²) in [5.41, 5.74) is 1.13. The molecular formula is C16H21Br2NO. The van der Waals surface area contributed by atoms with E-state index in [0.717, 1.165) is 24.6 Å². The van der Waals surface area contributed by atoms with Crippen molar-refractivity contribution >= 4 is 37.6 Å². The zero-order chi connectivity index (χ0) is 14.5. The minimum Gasteiger partial charge on any atom is -0.297 e. The number of rotatable bonds is 5.